The number of rotatable bonds is 3. The molecule has 0 unspecified atom stereocenters. The van der Waals surface area contributed by atoms with Crippen molar-refractivity contribution in [2.75, 3.05) is 0 Å². The Morgan fingerprint density at radius 2 is 1.63 bits per heavy atom. The van der Waals surface area contributed by atoms with Crippen molar-refractivity contribution in [1.82, 2.24) is 0 Å². The van der Waals surface area contributed by atoms with Gasteiger partial charge in [-0.1, -0.05) is 0 Å². The standard InChI is InChI=1S/C11H8F6N2/c1-7(11(15,16)17)4-9(6-19)8(2-3-18)5-10(12,13)14/h4H,2,5H2,1H3/b7-4+,9-8+. The van der Waals surface area contributed by atoms with Gasteiger partial charge in [-0.05, 0) is 18.6 Å². The first-order chi connectivity index (χ1) is 8.51. The lowest BCUT2D eigenvalue weighted by molar-refractivity contribution is -0.127. The van der Waals surface area contributed by atoms with E-state index < -0.39 is 41.9 Å². The SMILES string of the molecule is C/C(=C\C(C#N)=C(\CC#N)CC(F)(F)F)C(F)(F)F. The first kappa shape index (κ1) is 17.0. The summed E-state index contributed by atoms with van der Waals surface area (Å²) >= 11 is 0. The molecule has 0 aliphatic carbocycles. The van der Waals surface area contributed by atoms with Crippen LogP contribution in [0.2, 0.25) is 0 Å². The van der Waals surface area contributed by atoms with Gasteiger partial charge >= 0.3 is 12.4 Å². The van der Waals surface area contributed by atoms with Crippen molar-refractivity contribution >= 4 is 0 Å². The third kappa shape index (κ3) is 6.51. The molecule has 0 aliphatic rings. The molecule has 0 aromatic rings. The summed E-state index contributed by atoms with van der Waals surface area (Å²) in [5.41, 5.74) is -2.67. The maximum absolute atomic E-state index is 12.2. The van der Waals surface area contributed by atoms with Gasteiger partial charge in [0.05, 0.1) is 30.6 Å². The molecule has 0 fully saturated rings. The maximum Gasteiger partial charge on any atom is 0.412 e. The summed E-state index contributed by atoms with van der Waals surface area (Å²) in [6.07, 6.45) is -11.5. The topological polar surface area (TPSA) is 47.6 Å². The second-order valence-electron chi connectivity index (χ2n) is 3.58. The van der Waals surface area contributed by atoms with Gasteiger partial charge in [0.2, 0.25) is 0 Å². The van der Waals surface area contributed by atoms with Crippen LogP contribution in [0.5, 0.6) is 0 Å². The summed E-state index contributed by atoms with van der Waals surface area (Å²) in [7, 11) is 0. The van der Waals surface area contributed by atoms with E-state index in [-0.39, 0.29) is 0 Å². The van der Waals surface area contributed by atoms with Crippen LogP contribution in [0.1, 0.15) is 19.8 Å². The number of halogens is 6. The summed E-state index contributed by atoms with van der Waals surface area (Å²) in [5.74, 6) is 0. The normalized spacial score (nSPS) is 14.5. The van der Waals surface area contributed by atoms with Crippen LogP contribution in [0.15, 0.2) is 22.8 Å². The zero-order chi connectivity index (χ0) is 15.3. The molecule has 0 radical (unpaired) electrons. The number of nitriles is 2. The molecule has 19 heavy (non-hydrogen) atoms. The van der Waals surface area contributed by atoms with Crippen LogP contribution in [0.3, 0.4) is 0 Å². The van der Waals surface area contributed by atoms with Crippen molar-refractivity contribution in [3.63, 3.8) is 0 Å². The molecule has 0 amide bonds. The molecule has 0 aromatic heterocycles. The Kier molecular flexibility index (Phi) is 5.63. The second-order valence-corrected chi connectivity index (χ2v) is 3.58. The van der Waals surface area contributed by atoms with Gasteiger partial charge in [-0.25, -0.2) is 0 Å². The molecule has 0 saturated heterocycles. The van der Waals surface area contributed by atoms with Crippen LogP contribution in [-0.4, -0.2) is 12.4 Å². The molecule has 0 rings (SSSR count). The minimum atomic E-state index is -4.74. The van der Waals surface area contributed by atoms with E-state index in [1.807, 2.05) is 0 Å². The second kappa shape index (κ2) is 6.28. The van der Waals surface area contributed by atoms with Crippen LogP contribution in [0.4, 0.5) is 26.3 Å². The summed E-state index contributed by atoms with van der Waals surface area (Å²) in [5, 5.41) is 17.0. The van der Waals surface area contributed by atoms with E-state index in [0.717, 1.165) is 0 Å². The Balaban J connectivity index is 5.63. The average Bonchev–Trinajstić information content (AvgIpc) is 2.21. The Morgan fingerprint density at radius 1 is 1.11 bits per heavy atom. The summed E-state index contributed by atoms with van der Waals surface area (Å²) < 4.78 is 73.3. The smallest absolute Gasteiger partial charge is 0.198 e. The Labute approximate surface area is 105 Å². The fourth-order valence-electron chi connectivity index (χ4n) is 1.10. The van der Waals surface area contributed by atoms with Gasteiger partial charge in [0.1, 0.15) is 0 Å². The lowest BCUT2D eigenvalue weighted by atomic mass is 10.0. The maximum atomic E-state index is 12.2. The molecule has 8 heteroatoms. The quantitative estimate of drug-likeness (QED) is 0.443. The lowest BCUT2D eigenvalue weighted by Crippen LogP contribution is -2.11. The molecule has 0 saturated carbocycles. The van der Waals surface area contributed by atoms with Gasteiger partial charge in [0.15, 0.2) is 0 Å². The molecule has 0 atom stereocenters. The average molecular weight is 282 g/mol. The van der Waals surface area contributed by atoms with Crippen LogP contribution < -0.4 is 0 Å². The first-order valence-corrected chi connectivity index (χ1v) is 4.82. The van der Waals surface area contributed by atoms with Crippen molar-refractivity contribution in [2.45, 2.75) is 32.1 Å². The molecule has 0 N–H and O–H groups in total. The lowest BCUT2D eigenvalue weighted by Gasteiger charge is -2.10. The van der Waals surface area contributed by atoms with Crippen LogP contribution in [0.25, 0.3) is 0 Å². The van der Waals surface area contributed by atoms with Crippen molar-refractivity contribution in [1.29, 1.82) is 10.5 Å². The number of nitrogens with zero attached hydrogens (tertiary/aromatic N) is 2. The van der Waals surface area contributed by atoms with Gasteiger partial charge in [-0.3, -0.25) is 0 Å². The molecular weight excluding hydrogens is 274 g/mol. The Morgan fingerprint density at radius 3 is 1.95 bits per heavy atom. The molecule has 2 nitrogen and oxygen atoms in total. The highest BCUT2D eigenvalue weighted by Gasteiger charge is 2.32. The zero-order valence-corrected chi connectivity index (χ0v) is 9.65. The van der Waals surface area contributed by atoms with Gasteiger partial charge in [-0.2, -0.15) is 36.9 Å². The Bertz CT molecular complexity index is 467. The van der Waals surface area contributed by atoms with Crippen molar-refractivity contribution in [3.8, 4) is 12.1 Å². The van der Waals surface area contributed by atoms with Crippen molar-refractivity contribution in [3.05, 3.63) is 22.8 Å². The minimum absolute atomic E-state index is 0.318. The van der Waals surface area contributed by atoms with Crippen molar-refractivity contribution < 1.29 is 26.3 Å². The number of allylic oxidation sites excluding steroid dienone is 4. The van der Waals surface area contributed by atoms with Crippen molar-refractivity contribution in [2.24, 2.45) is 0 Å². The molecule has 0 heterocycles. The number of hydrogen-bond donors (Lipinski definition) is 0. The van der Waals surface area contributed by atoms with Crippen LogP contribution in [-0.2, 0) is 0 Å². The molecule has 0 aromatic carbocycles. The predicted molar refractivity (Wildman–Crippen MR) is 53.4 cm³/mol. The third-order valence-electron chi connectivity index (χ3n) is 2.02. The minimum Gasteiger partial charge on any atom is -0.198 e. The molecule has 0 aliphatic heterocycles. The van der Waals surface area contributed by atoms with Gasteiger partial charge in [0, 0.05) is 5.57 Å². The molecule has 104 valence electrons. The van der Waals surface area contributed by atoms with Gasteiger partial charge < -0.3 is 0 Å². The largest absolute Gasteiger partial charge is 0.412 e. The van der Waals surface area contributed by atoms with E-state index in [1.54, 1.807) is 0 Å². The van der Waals surface area contributed by atoms with E-state index in [1.165, 1.54) is 12.1 Å². The highest BCUT2D eigenvalue weighted by molar-refractivity contribution is 5.41. The molecule has 0 spiro atoms. The fraction of sp³-hybridized carbons (Fsp3) is 0.455. The van der Waals surface area contributed by atoms with Crippen LogP contribution >= 0.6 is 0 Å². The van der Waals surface area contributed by atoms with E-state index >= 15 is 0 Å². The number of alkyl halides is 6. The highest BCUT2D eigenvalue weighted by atomic mass is 19.4. The summed E-state index contributed by atoms with van der Waals surface area (Å²) in [4.78, 5) is 0. The summed E-state index contributed by atoms with van der Waals surface area (Å²) in [6, 6.07) is 2.66. The van der Waals surface area contributed by atoms with Gasteiger partial charge in [0.25, 0.3) is 0 Å². The third-order valence-corrected chi connectivity index (χ3v) is 2.02. The number of hydrogen-bond acceptors (Lipinski definition) is 2. The monoisotopic (exact) mass is 282 g/mol. The fourth-order valence-corrected chi connectivity index (χ4v) is 1.10. The van der Waals surface area contributed by atoms with Gasteiger partial charge in [-0.15, -0.1) is 0 Å². The zero-order valence-electron chi connectivity index (χ0n) is 9.65. The Hall–Kier alpha value is -1.96. The highest BCUT2D eigenvalue weighted by Crippen LogP contribution is 2.31. The van der Waals surface area contributed by atoms with E-state index in [2.05, 4.69) is 0 Å². The van der Waals surface area contributed by atoms with E-state index in [9.17, 15) is 26.3 Å². The predicted octanol–water partition coefficient (Wildman–Crippen LogP) is 4.18. The first-order valence-electron chi connectivity index (χ1n) is 4.82. The molecule has 0 bridgehead atoms. The van der Waals surface area contributed by atoms with E-state index in [4.69, 9.17) is 10.5 Å². The molecular formula is C11H8F6N2. The van der Waals surface area contributed by atoms with Crippen LogP contribution in [0, 0.1) is 22.7 Å². The van der Waals surface area contributed by atoms with E-state index in [0.29, 0.717) is 13.0 Å². The summed E-state index contributed by atoms with van der Waals surface area (Å²) in [6.45, 7) is 0.634.